The number of rotatable bonds is 6. The fourth-order valence-corrected chi connectivity index (χ4v) is 2.95. The van der Waals surface area contributed by atoms with Gasteiger partial charge >= 0.3 is 5.97 Å². The number of aliphatic hydroxyl groups is 1. The van der Waals surface area contributed by atoms with Crippen molar-refractivity contribution in [1.82, 2.24) is 4.68 Å². The first-order valence-corrected chi connectivity index (χ1v) is 9.01. The number of hydrogen-bond donors (Lipinski definition) is 2. The second-order valence-electron chi connectivity index (χ2n) is 6.24. The molecule has 28 heavy (non-hydrogen) atoms. The van der Waals surface area contributed by atoms with E-state index >= 15 is 0 Å². The first-order valence-electron chi connectivity index (χ1n) is 9.01. The molecule has 1 atom stereocenters. The third kappa shape index (κ3) is 3.97. The fourth-order valence-electron chi connectivity index (χ4n) is 2.95. The van der Waals surface area contributed by atoms with E-state index in [0.29, 0.717) is 22.5 Å². The second-order valence-corrected chi connectivity index (χ2v) is 6.24. The van der Waals surface area contributed by atoms with Crippen molar-refractivity contribution in [1.29, 1.82) is 0 Å². The van der Waals surface area contributed by atoms with Crippen molar-refractivity contribution in [2.24, 2.45) is 0 Å². The van der Waals surface area contributed by atoms with Crippen molar-refractivity contribution >= 4 is 11.9 Å². The maximum Gasteiger partial charge on any atom is 0.340 e. The second kappa shape index (κ2) is 8.54. The normalized spacial score (nSPS) is 11.7. The van der Waals surface area contributed by atoms with Gasteiger partial charge in [-0.25, -0.2) is 4.79 Å². The van der Waals surface area contributed by atoms with E-state index in [2.05, 4.69) is 5.43 Å². The number of aromatic nitrogens is 1. The summed E-state index contributed by atoms with van der Waals surface area (Å²) in [6, 6.07) is 19.7. The third-order valence-electron chi connectivity index (χ3n) is 4.40. The van der Waals surface area contributed by atoms with E-state index in [1.54, 1.807) is 44.2 Å². The molecule has 0 saturated carbocycles. The summed E-state index contributed by atoms with van der Waals surface area (Å²) in [6.45, 7) is 3.71. The Morgan fingerprint density at radius 3 is 2.29 bits per heavy atom. The smallest absolute Gasteiger partial charge is 0.340 e. The molecule has 0 radical (unpaired) electrons. The van der Waals surface area contributed by atoms with Gasteiger partial charge in [0.25, 0.3) is 5.91 Å². The van der Waals surface area contributed by atoms with Crippen molar-refractivity contribution in [3.05, 3.63) is 83.6 Å². The Labute approximate surface area is 163 Å². The molecule has 3 rings (SSSR count). The zero-order valence-corrected chi connectivity index (χ0v) is 15.8. The van der Waals surface area contributed by atoms with E-state index < -0.39 is 18.0 Å². The van der Waals surface area contributed by atoms with Crippen molar-refractivity contribution in [2.45, 2.75) is 20.0 Å². The largest absolute Gasteiger partial charge is 0.462 e. The minimum Gasteiger partial charge on any atom is -0.462 e. The van der Waals surface area contributed by atoms with Crippen LogP contribution in [0, 0.1) is 6.92 Å². The number of hydrogen-bond acceptors (Lipinski definition) is 4. The Morgan fingerprint density at radius 2 is 1.68 bits per heavy atom. The van der Waals surface area contributed by atoms with Crippen LogP contribution >= 0.6 is 0 Å². The van der Waals surface area contributed by atoms with Gasteiger partial charge in [0, 0.05) is 5.56 Å². The number of benzene rings is 2. The molecule has 0 aliphatic carbocycles. The molecule has 2 N–H and O–H groups in total. The molecule has 1 unspecified atom stereocenters. The summed E-state index contributed by atoms with van der Waals surface area (Å²) in [5.41, 5.74) is 5.51. The molecule has 1 amide bonds. The van der Waals surface area contributed by atoms with E-state index in [-0.39, 0.29) is 6.61 Å². The van der Waals surface area contributed by atoms with Gasteiger partial charge in [-0.2, -0.15) is 0 Å². The van der Waals surface area contributed by atoms with Crippen molar-refractivity contribution in [3.63, 3.8) is 0 Å². The van der Waals surface area contributed by atoms with Gasteiger partial charge in [-0.1, -0.05) is 60.7 Å². The third-order valence-corrected chi connectivity index (χ3v) is 4.40. The standard InChI is InChI=1S/C22H22N2O4/c1-3-28-22(27)18-14-19(16-10-6-4-7-11-16)24(15(18)2)23-21(26)20(25)17-12-8-5-9-13-17/h4-14,20,25H,3H2,1-2H3,(H,23,26). The van der Waals surface area contributed by atoms with Crippen LogP contribution in [-0.4, -0.2) is 28.3 Å². The minimum atomic E-state index is -1.34. The summed E-state index contributed by atoms with van der Waals surface area (Å²) in [5, 5.41) is 10.4. The van der Waals surface area contributed by atoms with Gasteiger partial charge in [-0.3, -0.25) is 14.9 Å². The molecular weight excluding hydrogens is 356 g/mol. The Balaban J connectivity index is 1.98. The van der Waals surface area contributed by atoms with Crippen LogP contribution in [0.25, 0.3) is 11.3 Å². The van der Waals surface area contributed by atoms with Gasteiger partial charge in [-0.05, 0) is 25.5 Å². The lowest BCUT2D eigenvalue weighted by Gasteiger charge is -2.16. The van der Waals surface area contributed by atoms with Crippen LogP contribution in [-0.2, 0) is 9.53 Å². The summed E-state index contributed by atoms with van der Waals surface area (Å²) in [4.78, 5) is 25.0. The molecular formula is C22H22N2O4. The SMILES string of the molecule is CCOC(=O)c1cc(-c2ccccc2)n(NC(=O)C(O)c2ccccc2)c1C. The number of carbonyl (C=O) groups excluding carboxylic acids is 2. The van der Waals surface area contributed by atoms with Crippen LogP contribution in [0.1, 0.15) is 34.6 Å². The molecule has 0 bridgehead atoms. The molecule has 2 aromatic carbocycles. The molecule has 0 saturated heterocycles. The first kappa shape index (κ1) is 19.4. The Morgan fingerprint density at radius 1 is 1.07 bits per heavy atom. The van der Waals surface area contributed by atoms with Gasteiger partial charge in [0.15, 0.2) is 6.10 Å². The Kier molecular flexibility index (Phi) is 5.91. The number of carbonyl (C=O) groups is 2. The van der Waals surface area contributed by atoms with Crippen LogP contribution in [0.2, 0.25) is 0 Å². The molecule has 0 aliphatic rings. The molecule has 1 heterocycles. The fraction of sp³-hybridized carbons (Fsp3) is 0.182. The van der Waals surface area contributed by atoms with E-state index in [4.69, 9.17) is 4.74 Å². The molecule has 1 aromatic heterocycles. The van der Waals surface area contributed by atoms with E-state index in [1.165, 1.54) is 4.68 Å². The highest BCUT2D eigenvalue weighted by molar-refractivity contribution is 5.94. The topological polar surface area (TPSA) is 80.6 Å². The monoisotopic (exact) mass is 378 g/mol. The van der Waals surface area contributed by atoms with Crippen LogP contribution in [0.15, 0.2) is 66.7 Å². The summed E-state index contributed by atoms with van der Waals surface area (Å²) < 4.78 is 6.63. The van der Waals surface area contributed by atoms with Crippen LogP contribution in [0.5, 0.6) is 0 Å². The van der Waals surface area contributed by atoms with Gasteiger partial charge < -0.3 is 9.84 Å². The first-order chi connectivity index (χ1) is 13.5. The number of aliphatic hydroxyl groups excluding tert-OH is 1. The predicted octanol–water partition coefficient (Wildman–Crippen LogP) is 3.44. The van der Waals surface area contributed by atoms with Crippen LogP contribution in [0.4, 0.5) is 0 Å². The minimum absolute atomic E-state index is 0.253. The molecule has 6 heteroatoms. The molecule has 6 nitrogen and oxygen atoms in total. The lowest BCUT2D eigenvalue weighted by atomic mass is 10.1. The average Bonchev–Trinajstić information content (AvgIpc) is 3.05. The number of amides is 1. The van der Waals surface area contributed by atoms with Crippen LogP contribution < -0.4 is 5.43 Å². The quantitative estimate of drug-likeness (QED) is 0.644. The molecule has 3 aromatic rings. The summed E-state index contributed by atoms with van der Waals surface area (Å²) in [6.07, 6.45) is -1.34. The Bertz CT molecular complexity index is 965. The lowest BCUT2D eigenvalue weighted by molar-refractivity contribution is -0.125. The van der Waals surface area contributed by atoms with Crippen LogP contribution in [0.3, 0.4) is 0 Å². The summed E-state index contributed by atoms with van der Waals surface area (Å²) >= 11 is 0. The van der Waals surface area contributed by atoms with Gasteiger partial charge in [0.05, 0.1) is 23.6 Å². The number of nitrogens with zero attached hydrogens (tertiary/aromatic N) is 1. The van der Waals surface area contributed by atoms with Crippen molar-refractivity contribution < 1.29 is 19.4 Å². The van der Waals surface area contributed by atoms with E-state index in [0.717, 1.165) is 5.56 Å². The highest BCUT2D eigenvalue weighted by Gasteiger charge is 2.23. The summed E-state index contributed by atoms with van der Waals surface area (Å²) in [5.74, 6) is -1.06. The van der Waals surface area contributed by atoms with Gasteiger partial charge in [0.1, 0.15) is 0 Å². The lowest BCUT2D eigenvalue weighted by Crippen LogP contribution is -2.29. The number of nitrogens with one attached hydrogen (secondary N) is 1. The zero-order valence-electron chi connectivity index (χ0n) is 15.8. The number of ether oxygens (including phenoxy) is 1. The Hall–Kier alpha value is -3.38. The predicted molar refractivity (Wildman–Crippen MR) is 106 cm³/mol. The van der Waals surface area contributed by atoms with E-state index in [9.17, 15) is 14.7 Å². The maximum atomic E-state index is 12.7. The van der Waals surface area contributed by atoms with Crippen molar-refractivity contribution in [2.75, 3.05) is 12.0 Å². The van der Waals surface area contributed by atoms with E-state index in [1.807, 2.05) is 36.4 Å². The summed E-state index contributed by atoms with van der Waals surface area (Å²) in [7, 11) is 0. The highest BCUT2D eigenvalue weighted by atomic mass is 16.5. The average molecular weight is 378 g/mol. The molecule has 144 valence electrons. The number of esters is 1. The maximum absolute atomic E-state index is 12.7. The van der Waals surface area contributed by atoms with Gasteiger partial charge in [-0.15, -0.1) is 0 Å². The molecule has 0 aliphatic heterocycles. The highest BCUT2D eigenvalue weighted by Crippen LogP contribution is 2.26. The molecule has 0 fully saturated rings. The van der Waals surface area contributed by atoms with Crippen molar-refractivity contribution in [3.8, 4) is 11.3 Å². The zero-order chi connectivity index (χ0) is 20.1. The van der Waals surface area contributed by atoms with Gasteiger partial charge in [0.2, 0.25) is 0 Å². The molecule has 0 spiro atoms.